The lowest BCUT2D eigenvalue weighted by molar-refractivity contribution is -0.125. The topological polar surface area (TPSA) is 75.4 Å². The molecule has 5 heteroatoms. The summed E-state index contributed by atoms with van der Waals surface area (Å²) >= 11 is 0. The summed E-state index contributed by atoms with van der Waals surface area (Å²) in [5.74, 6) is -0.448. The zero-order valence-corrected chi connectivity index (χ0v) is 12.7. The summed E-state index contributed by atoms with van der Waals surface area (Å²) in [6.45, 7) is 5.69. The Labute approximate surface area is 125 Å². The maximum Gasteiger partial charge on any atom is 0.238 e. The molecule has 0 aliphatic carbocycles. The van der Waals surface area contributed by atoms with Crippen LogP contribution in [-0.2, 0) is 9.59 Å². The summed E-state index contributed by atoms with van der Waals surface area (Å²) in [6.07, 6.45) is 1.73. The lowest BCUT2D eigenvalue weighted by Gasteiger charge is -2.30. The lowest BCUT2D eigenvalue weighted by Crippen LogP contribution is -2.44. The van der Waals surface area contributed by atoms with Crippen molar-refractivity contribution in [2.24, 2.45) is 11.7 Å². The van der Waals surface area contributed by atoms with E-state index in [9.17, 15) is 9.59 Å². The highest BCUT2D eigenvalue weighted by Crippen LogP contribution is 2.18. The van der Waals surface area contributed by atoms with E-state index >= 15 is 0 Å². The molecular weight excluding hydrogens is 266 g/mol. The fourth-order valence-electron chi connectivity index (χ4n) is 2.69. The van der Waals surface area contributed by atoms with Crippen LogP contribution in [0.5, 0.6) is 0 Å². The number of hydrogen-bond donors (Lipinski definition) is 2. The summed E-state index contributed by atoms with van der Waals surface area (Å²) in [6, 6.07) is 5.98. The quantitative estimate of drug-likeness (QED) is 0.880. The number of nitrogens with one attached hydrogen (secondary N) is 1. The Bertz CT molecular complexity index is 542. The van der Waals surface area contributed by atoms with Gasteiger partial charge in [0.1, 0.15) is 0 Å². The Morgan fingerprint density at radius 3 is 2.86 bits per heavy atom. The molecule has 2 amide bonds. The van der Waals surface area contributed by atoms with Gasteiger partial charge in [-0.3, -0.25) is 14.5 Å². The van der Waals surface area contributed by atoms with Gasteiger partial charge in [0, 0.05) is 12.2 Å². The minimum absolute atomic E-state index is 0.0474. The van der Waals surface area contributed by atoms with Gasteiger partial charge in [0.05, 0.1) is 12.5 Å². The first-order chi connectivity index (χ1) is 9.95. The molecule has 0 radical (unpaired) electrons. The molecule has 1 aliphatic rings. The number of nitrogens with zero attached hydrogens (tertiary/aromatic N) is 1. The van der Waals surface area contributed by atoms with Crippen molar-refractivity contribution in [3.63, 3.8) is 0 Å². The second kappa shape index (κ2) is 6.72. The molecule has 3 N–H and O–H groups in total. The van der Waals surface area contributed by atoms with Crippen LogP contribution >= 0.6 is 0 Å². The van der Waals surface area contributed by atoms with Crippen LogP contribution in [-0.4, -0.2) is 36.3 Å². The summed E-state index contributed by atoms with van der Waals surface area (Å²) in [5.41, 5.74) is 8.36. The van der Waals surface area contributed by atoms with Gasteiger partial charge in [0.2, 0.25) is 11.8 Å². The average molecular weight is 289 g/mol. The van der Waals surface area contributed by atoms with Gasteiger partial charge in [-0.25, -0.2) is 0 Å². The number of rotatable bonds is 4. The van der Waals surface area contributed by atoms with E-state index in [1.807, 2.05) is 36.9 Å². The average Bonchev–Trinajstić information content (AvgIpc) is 2.43. The van der Waals surface area contributed by atoms with Crippen LogP contribution < -0.4 is 11.1 Å². The first-order valence-electron chi connectivity index (χ1n) is 7.34. The van der Waals surface area contributed by atoms with Crippen molar-refractivity contribution in [3.8, 4) is 0 Å². The fourth-order valence-corrected chi connectivity index (χ4v) is 2.69. The molecule has 2 rings (SSSR count). The molecular formula is C16H23N3O2. The van der Waals surface area contributed by atoms with E-state index in [0.29, 0.717) is 13.1 Å². The van der Waals surface area contributed by atoms with E-state index in [4.69, 9.17) is 5.73 Å². The third kappa shape index (κ3) is 4.29. The number of carbonyl (C=O) groups is 2. The van der Waals surface area contributed by atoms with Gasteiger partial charge in [0.25, 0.3) is 0 Å². The zero-order chi connectivity index (χ0) is 15.4. The molecule has 0 saturated carbocycles. The Morgan fingerprint density at radius 2 is 2.14 bits per heavy atom. The molecule has 0 spiro atoms. The third-order valence-corrected chi connectivity index (χ3v) is 3.94. The van der Waals surface area contributed by atoms with Crippen molar-refractivity contribution in [1.29, 1.82) is 0 Å². The second-order valence-electron chi connectivity index (χ2n) is 5.84. The Balaban J connectivity index is 1.92. The predicted octanol–water partition coefficient (Wildman–Crippen LogP) is 1.44. The highest BCUT2D eigenvalue weighted by molar-refractivity contribution is 5.93. The smallest absolute Gasteiger partial charge is 0.238 e. The van der Waals surface area contributed by atoms with Gasteiger partial charge < -0.3 is 11.1 Å². The molecule has 1 aliphatic heterocycles. The molecule has 1 atom stereocenters. The summed E-state index contributed by atoms with van der Waals surface area (Å²) < 4.78 is 0. The van der Waals surface area contributed by atoms with Crippen molar-refractivity contribution in [2.75, 3.05) is 25.0 Å². The van der Waals surface area contributed by atoms with Gasteiger partial charge >= 0.3 is 0 Å². The molecule has 0 aromatic heterocycles. The predicted molar refractivity (Wildman–Crippen MR) is 82.9 cm³/mol. The summed E-state index contributed by atoms with van der Waals surface area (Å²) in [4.78, 5) is 25.4. The SMILES string of the molecule is Cc1ccc(C)c(NC(=O)CN2CCC[C@@H](C(N)=O)C2)c1. The van der Waals surface area contributed by atoms with Crippen LogP contribution in [0.25, 0.3) is 0 Å². The lowest BCUT2D eigenvalue weighted by atomic mass is 9.97. The molecule has 5 nitrogen and oxygen atoms in total. The van der Waals surface area contributed by atoms with Crippen molar-refractivity contribution < 1.29 is 9.59 Å². The van der Waals surface area contributed by atoms with Crippen LogP contribution in [0.15, 0.2) is 18.2 Å². The number of hydrogen-bond acceptors (Lipinski definition) is 3. The van der Waals surface area contributed by atoms with E-state index in [1.165, 1.54) is 0 Å². The number of piperidine rings is 1. The van der Waals surface area contributed by atoms with Crippen LogP contribution in [0.1, 0.15) is 24.0 Å². The number of anilines is 1. The summed E-state index contributed by atoms with van der Waals surface area (Å²) in [5, 5.41) is 2.95. The first-order valence-corrected chi connectivity index (χ1v) is 7.34. The van der Waals surface area contributed by atoms with E-state index in [2.05, 4.69) is 5.32 Å². The van der Waals surface area contributed by atoms with Crippen molar-refractivity contribution in [1.82, 2.24) is 4.90 Å². The number of likely N-dealkylation sites (tertiary alicyclic amines) is 1. The van der Waals surface area contributed by atoms with E-state index in [-0.39, 0.29) is 17.7 Å². The number of aryl methyl sites for hydroxylation is 2. The summed E-state index contributed by atoms with van der Waals surface area (Å²) in [7, 11) is 0. The van der Waals surface area contributed by atoms with Crippen LogP contribution in [0.4, 0.5) is 5.69 Å². The monoisotopic (exact) mass is 289 g/mol. The van der Waals surface area contributed by atoms with Crippen molar-refractivity contribution in [3.05, 3.63) is 29.3 Å². The normalized spacial score (nSPS) is 19.2. The molecule has 1 fully saturated rings. The number of primary amides is 1. The number of benzene rings is 1. The second-order valence-corrected chi connectivity index (χ2v) is 5.84. The molecule has 1 aromatic rings. The molecule has 21 heavy (non-hydrogen) atoms. The van der Waals surface area contributed by atoms with Gasteiger partial charge in [0.15, 0.2) is 0 Å². The third-order valence-electron chi connectivity index (χ3n) is 3.94. The van der Waals surface area contributed by atoms with Crippen molar-refractivity contribution in [2.45, 2.75) is 26.7 Å². The molecule has 1 saturated heterocycles. The highest BCUT2D eigenvalue weighted by Gasteiger charge is 2.25. The first kappa shape index (κ1) is 15.5. The number of carbonyl (C=O) groups excluding carboxylic acids is 2. The number of amides is 2. The standard InChI is InChI=1S/C16H23N3O2/c1-11-5-6-12(2)14(8-11)18-15(20)10-19-7-3-4-13(9-19)16(17)21/h5-6,8,13H,3-4,7,9-10H2,1-2H3,(H2,17,21)(H,18,20)/t13-/m1/s1. The van der Waals surface area contributed by atoms with E-state index < -0.39 is 0 Å². The number of nitrogens with two attached hydrogens (primary N) is 1. The van der Waals surface area contributed by atoms with Crippen LogP contribution in [0, 0.1) is 19.8 Å². The van der Waals surface area contributed by atoms with Crippen LogP contribution in [0.3, 0.4) is 0 Å². The Kier molecular flexibility index (Phi) is 4.96. The van der Waals surface area contributed by atoms with Gasteiger partial charge in [-0.2, -0.15) is 0 Å². The van der Waals surface area contributed by atoms with E-state index in [0.717, 1.165) is 36.2 Å². The Morgan fingerprint density at radius 1 is 1.38 bits per heavy atom. The van der Waals surface area contributed by atoms with Crippen molar-refractivity contribution >= 4 is 17.5 Å². The maximum atomic E-state index is 12.2. The minimum atomic E-state index is -0.269. The molecule has 0 bridgehead atoms. The molecule has 114 valence electrons. The van der Waals surface area contributed by atoms with Crippen LogP contribution in [0.2, 0.25) is 0 Å². The molecule has 1 heterocycles. The zero-order valence-electron chi connectivity index (χ0n) is 12.7. The van der Waals surface area contributed by atoms with Gasteiger partial charge in [-0.05, 0) is 50.4 Å². The fraction of sp³-hybridized carbons (Fsp3) is 0.500. The van der Waals surface area contributed by atoms with Gasteiger partial charge in [-0.15, -0.1) is 0 Å². The highest BCUT2D eigenvalue weighted by atomic mass is 16.2. The minimum Gasteiger partial charge on any atom is -0.369 e. The maximum absolute atomic E-state index is 12.2. The molecule has 0 unspecified atom stereocenters. The Hall–Kier alpha value is -1.88. The largest absolute Gasteiger partial charge is 0.369 e. The molecule has 1 aromatic carbocycles. The van der Waals surface area contributed by atoms with Gasteiger partial charge in [-0.1, -0.05) is 12.1 Å². The van der Waals surface area contributed by atoms with E-state index in [1.54, 1.807) is 0 Å².